The summed E-state index contributed by atoms with van der Waals surface area (Å²) in [6.45, 7) is 1.43. The third-order valence-corrected chi connectivity index (χ3v) is 3.55. The van der Waals surface area contributed by atoms with E-state index in [1.807, 2.05) is 11.0 Å². The number of carbonyl (C=O) groups is 1. The first kappa shape index (κ1) is 11.8. The molecule has 1 unspecified atom stereocenters. The van der Waals surface area contributed by atoms with E-state index in [0.29, 0.717) is 23.8 Å². The molecular formula is C12H16N6O. The van der Waals surface area contributed by atoms with Crippen LogP contribution in [-0.4, -0.2) is 44.3 Å². The Hall–Kier alpha value is -2.31. The standard InChI is InChI=1S/C12H16N6O/c13-9-6-15-17-11(9)12(19)18-5-1-2-8(7-18)10-3-4-14-16-10/h3-4,6,8H,1-2,5,7,13H2,(H,14,16)(H,15,17). The number of anilines is 1. The van der Waals surface area contributed by atoms with Gasteiger partial charge in [-0.1, -0.05) is 0 Å². The molecule has 4 N–H and O–H groups in total. The van der Waals surface area contributed by atoms with Crippen LogP contribution in [0.2, 0.25) is 0 Å². The zero-order valence-corrected chi connectivity index (χ0v) is 10.5. The van der Waals surface area contributed by atoms with E-state index in [4.69, 9.17) is 5.73 Å². The number of piperidine rings is 1. The first-order valence-corrected chi connectivity index (χ1v) is 6.33. The van der Waals surface area contributed by atoms with Gasteiger partial charge in [0.05, 0.1) is 11.9 Å². The van der Waals surface area contributed by atoms with Gasteiger partial charge in [-0.2, -0.15) is 10.2 Å². The molecule has 1 aliphatic rings. The van der Waals surface area contributed by atoms with E-state index in [1.54, 1.807) is 6.20 Å². The first-order valence-electron chi connectivity index (χ1n) is 6.33. The maximum atomic E-state index is 12.3. The summed E-state index contributed by atoms with van der Waals surface area (Å²) < 4.78 is 0. The fraction of sp³-hybridized carbons (Fsp3) is 0.417. The number of nitrogens with zero attached hydrogens (tertiary/aromatic N) is 3. The lowest BCUT2D eigenvalue weighted by Gasteiger charge is -2.32. The number of hydrogen-bond donors (Lipinski definition) is 3. The van der Waals surface area contributed by atoms with Gasteiger partial charge in [-0.15, -0.1) is 0 Å². The molecule has 1 saturated heterocycles. The molecule has 1 aliphatic heterocycles. The molecular weight excluding hydrogens is 244 g/mol. The van der Waals surface area contributed by atoms with Crippen LogP contribution in [0.25, 0.3) is 0 Å². The van der Waals surface area contributed by atoms with E-state index in [9.17, 15) is 4.79 Å². The smallest absolute Gasteiger partial charge is 0.274 e. The van der Waals surface area contributed by atoms with E-state index in [-0.39, 0.29) is 5.91 Å². The summed E-state index contributed by atoms with van der Waals surface area (Å²) in [7, 11) is 0. The number of H-pyrrole nitrogens is 2. The van der Waals surface area contributed by atoms with Crippen LogP contribution in [0.5, 0.6) is 0 Å². The van der Waals surface area contributed by atoms with Crippen molar-refractivity contribution in [3.63, 3.8) is 0 Å². The highest BCUT2D eigenvalue weighted by molar-refractivity contribution is 5.97. The van der Waals surface area contributed by atoms with Gasteiger partial charge >= 0.3 is 0 Å². The van der Waals surface area contributed by atoms with Crippen molar-refractivity contribution in [2.75, 3.05) is 18.8 Å². The second-order valence-corrected chi connectivity index (χ2v) is 4.80. The highest BCUT2D eigenvalue weighted by atomic mass is 16.2. The van der Waals surface area contributed by atoms with Crippen molar-refractivity contribution < 1.29 is 4.79 Å². The summed E-state index contributed by atoms with van der Waals surface area (Å²) in [4.78, 5) is 14.2. The van der Waals surface area contributed by atoms with E-state index < -0.39 is 0 Å². The van der Waals surface area contributed by atoms with Gasteiger partial charge in [-0.25, -0.2) is 0 Å². The number of nitrogens with two attached hydrogens (primary N) is 1. The topological polar surface area (TPSA) is 104 Å². The molecule has 0 aliphatic carbocycles. The Bertz CT molecular complexity index is 561. The predicted octanol–water partition coefficient (Wildman–Crippen LogP) is 0.735. The van der Waals surface area contributed by atoms with Crippen LogP contribution in [0.4, 0.5) is 5.69 Å². The quantitative estimate of drug-likeness (QED) is 0.740. The monoisotopic (exact) mass is 260 g/mol. The SMILES string of the molecule is Nc1cn[nH]c1C(=O)N1CCCC(c2ccn[nH]2)C1. The second-order valence-electron chi connectivity index (χ2n) is 4.80. The second kappa shape index (κ2) is 4.75. The Morgan fingerprint density at radius 2 is 2.32 bits per heavy atom. The van der Waals surface area contributed by atoms with Crippen molar-refractivity contribution in [3.8, 4) is 0 Å². The number of hydrogen-bond acceptors (Lipinski definition) is 4. The number of nitrogens with one attached hydrogen (secondary N) is 2. The lowest BCUT2D eigenvalue weighted by molar-refractivity contribution is 0.0701. The highest BCUT2D eigenvalue weighted by Gasteiger charge is 2.27. The van der Waals surface area contributed by atoms with Gasteiger partial charge in [0.1, 0.15) is 5.69 Å². The summed E-state index contributed by atoms with van der Waals surface area (Å²) in [5.74, 6) is 0.226. The van der Waals surface area contributed by atoms with Crippen LogP contribution in [-0.2, 0) is 0 Å². The van der Waals surface area contributed by atoms with Gasteiger partial charge in [0.15, 0.2) is 0 Å². The van der Waals surface area contributed by atoms with Gasteiger partial charge in [0, 0.05) is 30.9 Å². The molecule has 3 rings (SSSR count). The van der Waals surface area contributed by atoms with Crippen LogP contribution in [0.1, 0.15) is 34.9 Å². The van der Waals surface area contributed by atoms with Crippen molar-refractivity contribution in [1.82, 2.24) is 25.3 Å². The summed E-state index contributed by atoms with van der Waals surface area (Å²) in [5, 5.41) is 13.4. The fourth-order valence-corrected chi connectivity index (χ4v) is 2.53. The van der Waals surface area contributed by atoms with Gasteiger partial charge in [-0.05, 0) is 18.9 Å². The number of likely N-dealkylation sites (tertiary alicyclic amines) is 1. The molecule has 0 saturated carbocycles. The normalized spacial score (nSPS) is 19.6. The Labute approximate surface area is 110 Å². The molecule has 19 heavy (non-hydrogen) atoms. The van der Waals surface area contributed by atoms with E-state index >= 15 is 0 Å². The minimum absolute atomic E-state index is 0.0841. The molecule has 1 amide bonds. The number of carbonyl (C=O) groups excluding carboxylic acids is 1. The molecule has 0 aromatic carbocycles. The molecule has 0 bridgehead atoms. The Balaban J connectivity index is 1.75. The summed E-state index contributed by atoms with van der Waals surface area (Å²) in [6.07, 6.45) is 5.24. The molecule has 0 spiro atoms. The van der Waals surface area contributed by atoms with Gasteiger partial charge < -0.3 is 10.6 Å². The molecule has 3 heterocycles. The summed E-state index contributed by atoms with van der Waals surface area (Å²) in [6, 6.07) is 1.96. The van der Waals surface area contributed by atoms with Crippen molar-refractivity contribution in [1.29, 1.82) is 0 Å². The van der Waals surface area contributed by atoms with Gasteiger partial charge in [0.25, 0.3) is 5.91 Å². The average molecular weight is 260 g/mol. The lowest BCUT2D eigenvalue weighted by Crippen LogP contribution is -2.39. The highest BCUT2D eigenvalue weighted by Crippen LogP contribution is 2.26. The molecule has 7 nitrogen and oxygen atoms in total. The van der Waals surface area contributed by atoms with Crippen molar-refractivity contribution in [2.45, 2.75) is 18.8 Å². The van der Waals surface area contributed by atoms with Crippen molar-refractivity contribution in [3.05, 3.63) is 29.8 Å². The first-order chi connectivity index (χ1) is 9.25. The zero-order chi connectivity index (χ0) is 13.2. The maximum Gasteiger partial charge on any atom is 0.274 e. The predicted molar refractivity (Wildman–Crippen MR) is 69.5 cm³/mol. The van der Waals surface area contributed by atoms with Crippen LogP contribution < -0.4 is 5.73 Å². The summed E-state index contributed by atoms with van der Waals surface area (Å²) >= 11 is 0. The van der Waals surface area contributed by atoms with Crippen LogP contribution in [0.15, 0.2) is 18.5 Å². The number of nitrogen functional groups attached to an aromatic ring is 1. The lowest BCUT2D eigenvalue weighted by atomic mass is 9.94. The Kier molecular flexibility index (Phi) is 2.94. The molecule has 7 heteroatoms. The average Bonchev–Trinajstić information content (AvgIpc) is 3.09. The Morgan fingerprint density at radius 3 is 3.00 bits per heavy atom. The van der Waals surface area contributed by atoms with Crippen molar-refractivity contribution >= 4 is 11.6 Å². The number of rotatable bonds is 2. The van der Waals surface area contributed by atoms with Crippen LogP contribution in [0.3, 0.4) is 0 Å². The minimum Gasteiger partial charge on any atom is -0.396 e. The van der Waals surface area contributed by atoms with Crippen LogP contribution in [0, 0.1) is 0 Å². The maximum absolute atomic E-state index is 12.3. The zero-order valence-electron chi connectivity index (χ0n) is 10.5. The number of amides is 1. The van der Waals surface area contributed by atoms with Crippen LogP contribution >= 0.6 is 0 Å². The van der Waals surface area contributed by atoms with Gasteiger partial charge in [-0.3, -0.25) is 15.0 Å². The number of aromatic amines is 2. The van der Waals surface area contributed by atoms with E-state index in [2.05, 4.69) is 20.4 Å². The third kappa shape index (κ3) is 2.18. The number of aromatic nitrogens is 4. The molecule has 2 aromatic rings. The molecule has 0 radical (unpaired) electrons. The Morgan fingerprint density at radius 1 is 1.42 bits per heavy atom. The van der Waals surface area contributed by atoms with Crippen molar-refractivity contribution in [2.24, 2.45) is 0 Å². The van der Waals surface area contributed by atoms with E-state index in [1.165, 1.54) is 6.20 Å². The molecule has 1 fully saturated rings. The largest absolute Gasteiger partial charge is 0.396 e. The van der Waals surface area contributed by atoms with Gasteiger partial charge in [0.2, 0.25) is 0 Å². The minimum atomic E-state index is -0.0841. The molecule has 2 aromatic heterocycles. The molecule has 100 valence electrons. The third-order valence-electron chi connectivity index (χ3n) is 3.55. The van der Waals surface area contributed by atoms with E-state index in [0.717, 1.165) is 25.1 Å². The summed E-state index contributed by atoms with van der Waals surface area (Å²) in [5.41, 5.74) is 7.58. The molecule has 1 atom stereocenters. The fourth-order valence-electron chi connectivity index (χ4n) is 2.53.